The Morgan fingerprint density at radius 2 is 1.74 bits per heavy atom. The van der Waals surface area contributed by atoms with Crippen LogP contribution in [0.5, 0.6) is 11.6 Å². The average Bonchev–Trinajstić information content (AvgIpc) is 2.79. The van der Waals surface area contributed by atoms with Gasteiger partial charge in [-0.25, -0.2) is 9.67 Å². The molecule has 2 heterocycles. The number of rotatable bonds is 7. The maximum Gasteiger partial charge on any atom is 0.573 e. The van der Waals surface area contributed by atoms with Gasteiger partial charge in [-0.1, -0.05) is 37.3 Å². The van der Waals surface area contributed by atoms with E-state index in [-0.39, 0.29) is 29.7 Å². The summed E-state index contributed by atoms with van der Waals surface area (Å²) >= 11 is 5.77. The van der Waals surface area contributed by atoms with Crippen molar-refractivity contribution in [2.75, 3.05) is 6.61 Å². The fourth-order valence-corrected chi connectivity index (χ4v) is 3.47. The molecule has 0 bridgehead atoms. The maximum absolute atomic E-state index is 13.2. The van der Waals surface area contributed by atoms with Gasteiger partial charge < -0.3 is 9.47 Å². The third kappa shape index (κ3) is 6.24. The van der Waals surface area contributed by atoms with Crippen LogP contribution in [-0.4, -0.2) is 37.9 Å². The second-order valence-corrected chi connectivity index (χ2v) is 8.81. The lowest BCUT2D eigenvalue weighted by Gasteiger charge is -2.24. The Morgan fingerprint density at radius 1 is 1.03 bits per heavy atom. The molecule has 0 aliphatic heterocycles. The molecule has 0 aliphatic rings. The molecule has 2 aromatic heterocycles. The van der Waals surface area contributed by atoms with Crippen molar-refractivity contribution in [3.63, 3.8) is 0 Å². The molecule has 0 radical (unpaired) electrons. The quantitative estimate of drug-likeness (QED) is 0.330. The number of fused-ring (bicyclic) bond motifs is 1. The van der Waals surface area contributed by atoms with Crippen molar-refractivity contribution in [3.8, 4) is 22.8 Å². The predicted octanol–water partition coefficient (Wildman–Crippen LogP) is 4.91. The summed E-state index contributed by atoms with van der Waals surface area (Å²) in [6, 6.07) is 11.9. The zero-order chi connectivity index (χ0) is 25.2. The minimum Gasteiger partial charge on any atom is -0.477 e. The van der Waals surface area contributed by atoms with Crippen LogP contribution in [-0.2, 0) is 6.54 Å². The topological polar surface area (TPSA) is 92.0 Å². The standard InChI is InChI=1S/C23H19ClF3N5O3/c1-22(2,13-34-19-9-10-28-21(24)29-19)12-32-20(33)17-11-15(5-8-18(17)30-31-32)14-3-6-16(7-4-14)35-23(25,26)27/h3-11H,12-13H2,1-2H3. The Balaban J connectivity index is 1.55. The molecule has 0 saturated heterocycles. The maximum atomic E-state index is 13.2. The van der Waals surface area contributed by atoms with E-state index in [4.69, 9.17) is 16.3 Å². The number of hydrogen-bond donors (Lipinski definition) is 0. The van der Waals surface area contributed by atoms with Gasteiger partial charge in [0.15, 0.2) is 0 Å². The van der Waals surface area contributed by atoms with Crippen LogP contribution in [0, 0.1) is 5.41 Å². The van der Waals surface area contributed by atoms with Gasteiger partial charge in [-0.3, -0.25) is 4.79 Å². The van der Waals surface area contributed by atoms with Gasteiger partial charge in [0.05, 0.1) is 18.5 Å². The molecule has 0 N–H and O–H groups in total. The molecule has 0 aliphatic carbocycles. The number of ether oxygens (including phenoxy) is 2. The predicted molar refractivity (Wildman–Crippen MR) is 122 cm³/mol. The summed E-state index contributed by atoms with van der Waals surface area (Å²) in [5.41, 5.74) is 0.774. The van der Waals surface area contributed by atoms with Gasteiger partial charge in [-0.15, -0.1) is 18.3 Å². The fourth-order valence-electron chi connectivity index (χ4n) is 3.33. The fraction of sp³-hybridized carbons (Fsp3) is 0.261. The number of aromatic nitrogens is 5. The Morgan fingerprint density at radius 3 is 2.43 bits per heavy atom. The van der Waals surface area contributed by atoms with Gasteiger partial charge in [0, 0.05) is 17.7 Å². The first-order chi connectivity index (χ1) is 16.5. The third-order valence-electron chi connectivity index (χ3n) is 4.93. The smallest absolute Gasteiger partial charge is 0.477 e. The van der Waals surface area contributed by atoms with Crippen LogP contribution < -0.4 is 15.0 Å². The van der Waals surface area contributed by atoms with Gasteiger partial charge in [-0.2, -0.15) is 4.98 Å². The van der Waals surface area contributed by atoms with Gasteiger partial charge in [0.25, 0.3) is 5.56 Å². The summed E-state index contributed by atoms with van der Waals surface area (Å²) in [6.07, 6.45) is -3.29. The van der Waals surface area contributed by atoms with E-state index in [1.807, 2.05) is 13.8 Å². The number of alkyl halides is 3. The molecule has 0 fully saturated rings. The zero-order valence-corrected chi connectivity index (χ0v) is 19.3. The number of benzene rings is 2. The Labute approximate surface area is 202 Å². The van der Waals surface area contributed by atoms with Crippen molar-refractivity contribution in [1.82, 2.24) is 25.0 Å². The Bertz CT molecular complexity index is 1410. The van der Waals surface area contributed by atoms with E-state index < -0.39 is 11.8 Å². The van der Waals surface area contributed by atoms with Gasteiger partial charge in [0.1, 0.15) is 11.3 Å². The highest BCUT2D eigenvalue weighted by Crippen LogP contribution is 2.27. The van der Waals surface area contributed by atoms with E-state index in [9.17, 15) is 18.0 Å². The number of nitrogens with zero attached hydrogens (tertiary/aromatic N) is 5. The average molecular weight is 506 g/mol. The SMILES string of the molecule is CC(C)(COc1ccnc(Cl)n1)Cn1nnc2ccc(-c3ccc(OC(F)(F)F)cc3)cc2c1=O. The van der Waals surface area contributed by atoms with E-state index >= 15 is 0 Å². The van der Waals surface area contributed by atoms with E-state index in [0.717, 1.165) is 0 Å². The van der Waals surface area contributed by atoms with Crippen LogP contribution in [0.3, 0.4) is 0 Å². The molecule has 4 aromatic rings. The molecule has 2 aromatic carbocycles. The van der Waals surface area contributed by atoms with Crippen molar-refractivity contribution in [1.29, 1.82) is 0 Å². The molecule has 0 unspecified atom stereocenters. The molecular weight excluding hydrogens is 487 g/mol. The van der Waals surface area contributed by atoms with E-state index in [0.29, 0.717) is 27.9 Å². The largest absolute Gasteiger partial charge is 0.573 e. The Kier molecular flexibility index (Phi) is 6.62. The van der Waals surface area contributed by atoms with E-state index in [1.54, 1.807) is 24.3 Å². The monoisotopic (exact) mass is 505 g/mol. The second kappa shape index (κ2) is 9.49. The van der Waals surface area contributed by atoms with Crippen LogP contribution in [0.25, 0.3) is 22.0 Å². The first kappa shape index (κ1) is 24.4. The van der Waals surface area contributed by atoms with Gasteiger partial charge >= 0.3 is 6.36 Å². The number of hydrogen-bond acceptors (Lipinski definition) is 7. The van der Waals surface area contributed by atoms with Gasteiger partial charge in [0.2, 0.25) is 11.2 Å². The first-order valence-corrected chi connectivity index (χ1v) is 10.7. The molecule has 182 valence electrons. The van der Waals surface area contributed by atoms with Crippen molar-refractivity contribution >= 4 is 22.5 Å². The van der Waals surface area contributed by atoms with E-state index in [1.165, 1.54) is 35.1 Å². The normalized spacial score (nSPS) is 12.1. The molecule has 35 heavy (non-hydrogen) atoms. The summed E-state index contributed by atoms with van der Waals surface area (Å²) in [5, 5.41) is 8.56. The molecule has 0 atom stereocenters. The molecule has 0 spiro atoms. The highest BCUT2D eigenvalue weighted by Gasteiger charge is 2.31. The molecule has 4 rings (SSSR count). The Hall–Kier alpha value is -3.73. The summed E-state index contributed by atoms with van der Waals surface area (Å²) in [5.74, 6) is -0.0183. The van der Waals surface area contributed by atoms with Gasteiger partial charge in [-0.05, 0) is 47.0 Å². The first-order valence-electron chi connectivity index (χ1n) is 10.3. The lowest BCUT2D eigenvalue weighted by Crippen LogP contribution is -2.34. The van der Waals surface area contributed by atoms with Crippen molar-refractivity contribution < 1.29 is 22.6 Å². The number of halogens is 4. The van der Waals surface area contributed by atoms with Crippen molar-refractivity contribution in [3.05, 3.63) is 70.4 Å². The highest BCUT2D eigenvalue weighted by atomic mass is 35.5. The molecule has 8 nitrogen and oxygen atoms in total. The second-order valence-electron chi connectivity index (χ2n) is 8.47. The minimum absolute atomic E-state index is 0.0650. The van der Waals surface area contributed by atoms with Crippen LogP contribution in [0.1, 0.15) is 13.8 Å². The lowest BCUT2D eigenvalue weighted by molar-refractivity contribution is -0.274. The van der Waals surface area contributed by atoms with E-state index in [2.05, 4.69) is 25.0 Å². The summed E-state index contributed by atoms with van der Waals surface area (Å²) in [7, 11) is 0. The summed E-state index contributed by atoms with van der Waals surface area (Å²) in [6.45, 7) is 4.23. The van der Waals surface area contributed by atoms with Crippen LogP contribution in [0.2, 0.25) is 5.28 Å². The third-order valence-corrected chi connectivity index (χ3v) is 5.11. The van der Waals surface area contributed by atoms with Crippen molar-refractivity contribution in [2.45, 2.75) is 26.8 Å². The molecular formula is C23H19ClF3N5O3. The summed E-state index contributed by atoms with van der Waals surface area (Å²) in [4.78, 5) is 20.9. The molecule has 0 saturated carbocycles. The lowest BCUT2D eigenvalue weighted by atomic mass is 9.95. The van der Waals surface area contributed by atoms with Crippen LogP contribution >= 0.6 is 11.6 Å². The minimum atomic E-state index is -4.77. The van der Waals surface area contributed by atoms with Crippen LogP contribution in [0.4, 0.5) is 13.2 Å². The molecule has 0 amide bonds. The zero-order valence-electron chi connectivity index (χ0n) is 18.6. The summed E-state index contributed by atoms with van der Waals surface area (Å²) < 4.78 is 48.0. The highest BCUT2D eigenvalue weighted by molar-refractivity contribution is 6.28. The van der Waals surface area contributed by atoms with Crippen LogP contribution in [0.15, 0.2) is 59.5 Å². The molecule has 12 heteroatoms. The van der Waals surface area contributed by atoms with Crippen molar-refractivity contribution in [2.24, 2.45) is 5.41 Å².